The molecule has 0 saturated heterocycles. The van der Waals surface area contributed by atoms with Gasteiger partial charge in [0.2, 0.25) is 5.95 Å². The Balaban J connectivity index is 2.53. The van der Waals surface area contributed by atoms with Crippen molar-refractivity contribution in [1.82, 2.24) is 14.8 Å². The Morgan fingerprint density at radius 1 is 1.38 bits per heavy atom. The Hall–Kier alpha value is -1.46. The molecule has 16 heavy (non-hydrogen) atoms. The van der Waals surface area contributed by atoms with Crippen LogP contribution in [0.15, 0.2) is 18.2 Å². The van der Waals surface area contributed by atoms with Gasteiger partial charge in [0.05, 0.1) is 17.8 Å². The average Bonchev–Trinajstić information content (AvgIpc) is 2.60. The Morgan fingerprint density at radius 2 is 2.12 bits per heavy atom. The fraction of sp³-hybridized carbons (Fsp3) is 0.111. The number of hydrogen-bond acceptors (Lipinski definition) is 4. The minimum absolute atomic E-state index is 0.184. The Labute approximate surface area is 102 Å². The maximum atomic E-state index is 6.02. The van der Waals surface area contributed by atoms with Crippen LogP contribution in [0.5, 0.6) is 6.01 Å². The van der Waals surface area contributed by atoms with Crippen LogP contribution in [0, 0.1) is 0 Å². The lowest BCUT2D eigenvalue weighted by Gasteiger charge is -2.04. The summed E-state index contributed by atoms with van der Waals surface area (Å²) in [5.74, 6) is 0.195. The van der Waals surface area contributed by atoms with Crippen LogP contribution in [-0.2, 0) is 0 Å². The van der Waals surface area contributed by atoms with Gasteiger partial charge < -0.3 is 10.5 Å². The summed E-state index contributed by atoms with van der Waals surface area (Å²) in [7, 11) is 1.46. The highest BCUT2D eigenvalue weighted by atomic mass is 35.5. The molecule has 0 fully saturated rings. The van der Waals surface area contributed by atoms with Gasteiger partial charge in [0.15, 0.2) is 0 Å². The fourth-order valence-electron chi connectivity index (χ4n) is 1.22. The summed E-state index contributed by atoms with van der Waals surface area (Å²) in [6.07, 6.45) is 0. The number of rotatable bonds is 2. The third-order valence-corrected chi connectivity index (χ3v) is 2.47. The van der Waals surface area contributed by atoms with Crippen LogP contribution >= 0.6 is 23.2 Å². The first-order valence-electron chi connectivity index (χ1n) is 4.34. The average molecular weight is 259 g/mol. The van der Waals surface area contributed by atoms with Crippen molar-refractivity contribution in [2.75, 3.05) is 12.8 Å². The summed E-state index contributed by atoms with van der Waals surface area (Å²) in [6.45, 7) is 0. The summed E-state index contributed by atoms with van der Waals surface area (Å²) < 4.78 is 6.25. The van der Waals surface area contributed by atoms with Gasteiger partial charge in [0, 0.05) is 5.02 Å². The summed E-state index contributed by atoms with van der Waals surface area (Å²) in [5.41, 5.74) is 6.27. The summed E-state index contributed by atoms with van der Waals surface area (Å²) >= 11 is 11.8. The molecule has 84 valence electrons. The first-order valence-corrected chi connectivity index (χ1v) is 5.09. The van der Waals surface area contributed by atoms with Crippen LogP contribution in [0.25, 0.3) is 5.69 Å². The van der Waals surface area contributed by atoms with Crippen molar-refractivity contribution < 1.29 is 4.74 Å². The molecule has 1 aromatic carbocycles. The summed E-state index contributed by atoms with van der Waals surface area (Å²) in [5, 5.41) is 5.00. The number of nitrogens with zero attached hydrogens (tertiary/aromatic N) is 3. The van der Waals surface area contributed by atoms with E-state index in [4.69, 9.17) is 33.7 Å². The van der Waals surface area contributed by atoms with Crippen molar-refractivity contribution in [1.29, 1.82) is 0 Å². The molecular formula is C9H8Cl2N4O. The van der Waals surface area contributed by atoms with Gasteiger partial charge in [-0.2, -0.15) is 9.67 Å². The zero-order valence-electron chi connectivity index (χ0n) is 8.32. The van der Waals surface area contributed by atoms with E-state index in [1.807, 2.05) is 0 Å². The number of hydrogen-bond donors (Lipinski definition) is 1. The second-order valence-electron chi connectivity index (χ2n) is 2.96. The molecule has 0 atom stereocenters. The van der Waals surface area contributed by atoms with Crippen molar-refractivity contribution in [3.63, 3.8) is 0 Å². The maximum absolute atomic E-state index is 6.02. The quantitative estimate of drug-likeness (QED) is 0.897. The first-order chi connectivity index (χ1) is 7.61. The molecule has 2 aromatic rings. The van der Waals surface area contributed by atoms with Gasteiger partial charge in [0.1, 0.15) is 0 Å². The number of halogens is 2. The molecule has 0 amide bonds. The molecule has 0 saturated carbocycles. The van der Waals surface area contributed by atoms with Crippen molar-refractivity contribution in [3.05, 3.63) is 28.2 Å². The van der Waals surface area contributed by atoms with Gasteiger partial charge in [-0.1, -0.05) is 23.2 Å². The fourth-order valence-corrected chi connectivity index (χ4v) is 1.71. The SMILES string of the molecule is COc1nc(N)n(-c2ccc(Cl)cc2Cl)n1. The lowest BCUT2D eigenvalue weighted by Crippen LogP contribution is -2.02. The van der Waals surface area contributed by atoms with E-state index in [2.05, 4.69) is 10.1 Å². The molecule has 0 aliphatic heterocycles. The zero-order chi connectivity index (χ0) is 11.7. The van der Waals surface area contributed by atoms with Crippen molar-refractivity contribution >= 4 is 29.2 Å². The van der Waals surface area contributed by atoms with E-state index in [-0.39, 0.29) is 12.0 Å². The molecule has 1 aromatic heterocycles. The van der Waals surface area contributed by atoms with Gasteiger partial charge >= 0.3 is 6.01 Å². The third kappa shape index (κ3) is 1.91. The molecule has 0 aliphatic carbocycles. The minimum atomic E-state index is 0.184. The van der Waals surface area contributed by atoms with Gasteiger partial charge in [-0.05, 0) is 18.2 Å². The Morgan fingerprint density at radius 3 is 2.69 bits per heavy atom. The number of ether oxygens (including phenoxy) is 1. The second-order valence-corrected chi connectivity index (χ2v) is 3.81. The molecule has 2 rings (SSSR count). The first kappa shape index (κ1) is 11.0. The van der Waals surface area contributed by atoms with Gasteiger partial charge in [0.25, 0.3) is 0 Å². The van der Waals surface area contributed by atoms with Gasteiger partial charge in [-0.15, -0.1) is 5.10 Å². The van der Waals surface area contributed by atoms with Crippen LogP contribution in [0.1, 0.15) is 0 Å². The van der Waals surface area contributed by atoms with E-state index in [9.17, 15) is 0 Å². The number of nitrogen functional groups attached to an aromatic ring is 1. The van der Waals surface area contributed by atoms with Crippen molar-refractivity contribution in [3.8, 4) is 11.7 Å². The predicted octanol–water partition coefficient (Wildman–Crippen LogP) is 2.16. The largest absolute Gasteiger partial charge is 0.466 e. The predicted molar refractivity (Wildman–Crippen MR) is 62.3 cm³/mol. The third-order valence-electron chi connectivity index (χ3n) is 1.93. The topological polar surface area (TPSA) is 66.0 Å². The standard InChI is InChI=1S/C9H8Cl2N4O/c1-16-9-13-8(12)15(14-9)7-3-2-5(10)4-6(7)11/h2-4H,1H3,(H2,12,13,14). The normalized spacial score (nSPS) is 10.4. The molecule has 0 aliphatic rings. The van der Waals surface area contributed by atoms with E-state index in [0.717, 1.165) is 0 Å². The number of anilines is 1. The molecule has 0 bridgehead atoms. The van der Waals surface area contributed by atoms with Crippen molar-refractivity contribution in [2.45, 2.75) is 0 Å². The van der Waals surface area contributed by atoms with E-state index in [0.29, 0.717) is 15.7 Å². The van der Waals surface area contributed by atoms with Crippen LogP contribution in [0.4, 0.5) is 5.95 Å². The van der Waals surface area contributed by atoms with Crippen LogP contribution in [-0.4, -0.2) is 21.9 Å². The monoisotopic (exact) mass is 258 g/mol. The number of nitrogens with two attached hydrogens (primary N) is 1. The number of benzene rings is 1. The van der Waals surface area contributed by atoms with Crippen LogP contribution < -0.4 is 10.5 Å². The smallest absolute Gasteiger partial charge is 0.337 e. The highest BCUT2D eigenvalue weighted by molar-refractivity contribution is 6.35. The molecule has 5 nitrogen and oxygen atoms in total. The highest BCUT2D eigenvalue weighted by Crippen LogP contribution is 2.25. The van der Waals surface area contributed by atoms with E-state index >= 15 is 0 Å². The molecular weight excluding hydrogens is 251 g/mol. The lowest BCUT2D eigenvalue weighted by molar-refractivity contribution is 0.380. The highest BCUT2D eigenvalue weighted by Gasteiger charge is 2.11. The Kier molecular flexibility index (Phi) is 2.89. The van der Waals surface area contributed by atoms with E-state index in [1.165, 1.54) is 11.8 Å². The summed E-state index contributed by atoms with van der Waals surface area (Å²) in [6, 6.07) is 5.18. The van der Waals surface area contributed by atoms with Gasteiger partial charge in [-0.3, -0.25) is 0 Å². The zero-order valence-corrected chi connectivity index (χ0v) is 9.83. The van der Waals surface area contributed by atoms with Crippen LogP contribution in [0.3, 0.4) is 0 Å². The second kappa shape index (κ2) is 4.19. The molecule has 0 unspecified atom stereocenters. The summed E-state index contributed by atoms with van der Waals surface area (Å²) in [4.78, 5) is 3.88. The molecule has 0 radical (unpaired) electrons. The number of methoxy groups -OCH3 is 1. The van der Waals surface area contributed by atoms with Crippen LogP contribution in [0.2, 0.25) is 10.0 Å². The maximum Gasteiger partial charge on any atom is 0.337 e. The molecule has 2 N–H and O–H groups in total. The Bertz CT molecular complexity index is 526. The number of aromatic nitrogens is 3. The molecule has 0 spiro atoms. The lowest BCUT2D eigenvalue weighted by atomic mass is 10.3. The minimum Gasteiger partial charge on any atom is -0.466 e. The van der Waals surface area contributed by atoms with E-state index in [1.54, 1.807) is 18.2 Å². The molecule has 1 heterocycles. The van der Waals surface area contributed by atoms with Gasteiger partial charge in [-0.25, -0.2) is 0 Å². The van der Waals surface area contributed by atoms with E-state index < -0.39 is 0 Å². The van der Waals surface area contributed by atoms with Crippen molar-refractivity contribution in [2.24, 2.45) is 0 Å². The molecule has 7 heteroatoms.